The van der Waals surface area contributed by atoms with Gasteiger partial charge in [-0.1, -0.05) is 0 Å². The number of amides is 1. The van der Waals surface area contributed by atoms with Gasteiger partial charge >= 0.3 is 0 Å². The second kappa shape index (κ2) is 4.89. The summed E-state index contributed by atoms with van der Waals surface area (Å²) < 4.78 is 22.6. The highest BCUT2D eigenvalue weighted by atomic mass is 32.2. The van der Waals surface area contributed by atoms with Gasteiger partial charge in [0, 0.05) is 17.1 Å². The van der Waals surface area contributed by atoms with Crippen LogP contribution in [0.3, 0.4) is 0 Å². The van der Waals surface area contributed by atoms with Crippen molar-refractivity contribution in [2.24, 2.45) is 5.92 Å². The summed E-state index contributed by atoms with van der Waals surface area (Å²) >= 11 is 1.35. The minimum Gasteiger partial charge on any atom is -0.398 e. The zero-order valence-electron chi connectivity index (χ0n) is 10.1. The Balaban J connectivity index is 1.89. The lowest BCUT2D eigenvalue weighted by molar-refractivity contribution is 0.0952. The number of hydrogen-bond acceptors (Lipinski definition) is 5. The first-order valence-electron chi connectivity index (χ1n) is 5.72. The molecule has 0 saturated carbocycles. The van der Waals surface area contributed by atoms with Crippen LogP contribution in [0.25, 0.3) is 0 Å². The largest absolute Gasteiger partial charge is 0.398 e. The van der Waals surface area contributed by atoms with Crippen molar-refractivity contribution in [1.82, 2.24) is 5.32 Å². The first kappa shape index (κ1) is 13.4. The van der Waals surface area contributed by atoms with E-state index in [2.05, 4.69) is 5.32 Å². The van der Waals surface area contributed by atoms with E-state index in [0.29, 0.717) is 23.5 Å². The Morgan fingerprint density at radius 1 is 1.61 bits per heavy atom. The van der Waals surface area contributed by atoms with Crippen molar-refractivity contribution >= 4 is 32.8 Å². The van der Waals surface area contributed by atoms with Crippen LogP contribution in [0, 0.1) is 12.8 Å². The van der Waals surface area contributed by atoms with Crippen LogP contribution in [-0.4, -0.2) is 32.4 Å². The Bertz CT molecular complexity index is 543. The van der Waals surface area contributed by atoms with Crippen LogP contribution in [-0.2, 0) is 9.84 Å². The molecule has 1 unspecified atom stereocenters. The number of anilines is 1. The number of rotatable bonds is 3. The lowest BCUT2D eigenvalue weighted by Gasteiger charge is -2.08. The molecule has 1 saturated heterocycles. The molecule has 0 spiro atoms. The second-order valence-corrected chi connectivity index (χ2v) is 8.09. The van der Waals surface area contributed by atoms with Crippen molar-refractivity contribution in [3.63, 3.8) is 0 Å². The van der Waals surface area contributed by atoms with Crippen molar-refractivity contribution in [3.8, 4) is 0 Å². The molecule has 2 rings (SSSR count). The number of nitrogen functional groups attached to an aromatic ring is 1. The summed E-state index contributed by atoms with van der Waals surface area (Å²) in [5.74, 6) is 0.277. The number of carbonyl (C=O) groups excluding carboxylic acids is 1. The Morgan fingerprint density at radius 3 is 2.83 bits per heavy atom. The van der Waals surface area contributed by atoms with Gasteiger partial charge in [0.1, 0.15) is 0 Å². The normalized spacial score (nSPS) is 21.9. The van der Waals surface area contributed by atoms with E-state index in [-0.39, 0.29) is 23.3 Å². The number of sulfone groups is 1. The first-order valence-corrected chi connectivity index (χ1v) is 8.36. The molecule has 18 heavy (non-hydrogen) atoms. The maximum atomic E-state index is 11.8. The minimum atomic E-state index is -2.88. The van der Waals surface area contributed by atoms with Gasteiger partial charge in [-0.15, -0.1) is 11.3 Å². The molecule has 2 heterocycles. The number of nitrogens with one attached hydrogen (secondary N) is 1. The second-order valence-electron chi connectivity index (χ2n) is 4.60. The Kier molecular flexibility index (Phi) is 3.63. The van der Waals surface area contributed by atoms with Crippen LogP contribution >= 0.6 is 11.3 Å². The SMILES string of the molecule is Cc1sc(C(=O)NCC2CCS(=O)(=O)C2)cc1N. The molecular formula is C11H16N2O3S2. The lowest BCUT2D eigenvalue weighted by atomic mass is 10.1. The molecule has 5 nitrogen and oxygen atoms in total. The van der Waals surface area contributed by atoms with E-state index in [0.717, 1.165) is 4.88 Å². The van der Waals surface area contributed by atoms with Gasteiger partial charge in [-0.3, -0.25) is 4.79 Å². The zero-order chi connectivity index (χ0) is 13.3. The molecule has 0 aliphatic carbocycles. The molecule has 7 heteroatoms. The molecule has 1 aliphatic rings. The van der Waals surface area contributed by atoms with Crippen LogP contribution in [0.2, 0.25) is 0 Å². The maximum absolute atomic E-state index is 11.8. The van der Waals surface area contributed by atoms with Crippen molar-refractivity contribution in [2.45, 2.75) is 13.3 Å². The van der Waals surface area contributed by atoms with E-state index < -0.39 is 9.84 Å². The van der Waals surface area contributed by atoms with Crippen molar-refractivity contribution < 1.29 is 13.2 Å². The number of carbonyl (C=O) groups is 1. The van der Waals surface area contributed by atoms with Crippen molar-refractivity contribution in [1.29, 1.82) is 0 Å². The van der Waals surface area contributed by atoms with E-state index in [9.17, 15) is 13.2 Å². The van der Waals surface area contributed by atoms with E-state index >= 15 is 0 Å². The van der Waals surface area contributed by atoms with Gasteiger partial charge in [-0.05, 0) is 25.3 Å². The van der Waals surface area contributed by atoms with Gasteiger partial charge in [0.05, 0.1) is 16.4 Å². The highest BCUT2D eigenvalue weighted by Gasteiger charge is 2.28. The van der Waals surface area contributed by atoms with Gasteiger partial charge in [0.2, 0.25) is 0 Å². The fourth-order valence-electron chi connectivity index (χ4n) is 1.97. The molecular weight excluding hydrogens is 272 g/mol. The van der Waals surface area contributed by atoms with Crippen molar-refractivity contribution in [2.75, 3.05) is 23.8 Å². The van der Waals surface area contributed by atoms with E-state index in [4.69, 9.17) is 5.73 Å². The Morgan fingerprint density at radius 2 is 2.33 bits per heavy atom. The van der Waals surface area contributed by atoms with Crippen LogP contribution < -0.4 is 11.1 Å². The van der Waals surface area contributed by atoms with Crippen LogP contribution in [0.15, 0.2) is 6.07 Å². The number of aryl methyl sites for hydroxylation is 1. The summed E-state index contributed by atoms with van der Waals surface area (Å²) in [6.07, 6.45) is 0.633. The molecule has 1 aromatic rings. The van der Waals surface area contributed by atoms with Gasteiger partial charge in [-0.2, -0.15) is 0 Å². The summed E-state index contributed by atoms with van der Waals surface area (Å²) in [6, 6.07) is 1.65. The highest BCUT2D eigenvalue weighted by Crippen LogP contribution is 2.23. The minimum absolute atomic E-state index is 0.0392. The maximum Gasteiger partial charge on any atom is 0.261 e. The molecule has 1 aliphatic heterocycles. The van der Waals surface area contributed by atoms with Gasteiger partial charge in [0.25, 0.3) is 5.91 Å². The van der Waals surface area contributed by atoms with Crippen LogP contribution in [0.1, 0.15) is 21.0 Å². The number of thiophene rings is 1. The average molecular weight is 288 g/mol. The smallest absolute Gasteiger partial charge is 0.261 e. The third kappa shape index (κ3) is 3.02. The third-order valence-corrected chi connectivity index (χ3v) is 5.96. The Hall–Kier alpha value is -1.08. The summed E-state index contributed by atoms with van der Waals surface area (Å²) in [5, 5.41) is 2.77. The predicted molar refractivity (Wildman–Crippen MR) is 72.6 cm³/mol. The fraction of sp³-hybridized carbons (Fsp3) is 0.545. The summed E-state index contributed by atoms with van der Waals surface area (Å²) in [7, 11) is -2.88. The van der Waals surface area contributed by atoms with E-state index in [1.54, 1.807) is 6.07 Å². The van der Waals surface area contributed by atoms with E-state index in [1.165, 1.54) is 11.3 Å². The summed E-state index contributed by atoms with van der Waals surface area (Å²) in [6.45, 7) is 2.27. The summed E-state index contributed by atoms with van der Waals surface area (Å²) in [4.78, 5) is 13.3. The summed E-state index contributed by atoms with van der Waals surface area (Å²) in [5.41, 5.74) is 6.30. The monoisotopic (exact) mass is 288 g/mol. The van der Waals surface area contributed by atoms with Crippen molar-refractivity contribution in [3.05, 3.63) is 15.8 Å². The standard InChI is InChI=1S/C11H16N2O3S2/c1-7-9(12)4-10(17-7)11(14)13-5-8-2-3-18(15,16)6-8/h4,8H,2-3,5-6,12H2,1H3,(H,13,14). The quantitative estimate of drug-likeness (QED) is 0.861. The topological polar surface area (TPSA) is 89.3 Å². The molecule has 1 fully saturated rings. The first-order chi connectivity index (χ1) is 8.37. The van der Waals surface area contributed by atoms with Gasteiger partial charge in [0.15, 0.2) is 9.84 Å². The average Bonchev–Trinajstić information content (AvgIpc) is 2.80. The van der Waals surface area contributed by atoms with Crippen LogP contribution in [0.4, 0.5) is 5.69 Å². The molecule has 0 aromatic carbocycles. The molecule has 1 amide bonds. The van der Waals surface area contributed by atoms with E-state index in [1.807, 2.05) is 6.92 Å². The molecule has 1 atom stereocenters. The molecule has 100 valence electrons. The lowest BCUT2D eigenvalue weighted by Crippen LogP contribution is -2.29. The number of nitrogens with two attached hydrogens (primary N) is 1. The van der Waals surface area contributed by atoms with Crippen LogP contribution in [0.5, 0.6) is 0 Å². The van der Waals surface area contributed by atoms with Gasteiger partial charge < -0.3 is 11.1 Å². The number of hydrogen-bond donors (Lipinski definition) is 2. The zero-order valence-corrected chi connectivity index (χ0v) is 11.7. The fourth-order valence-corrected chi connectivity index (χ4v) is 4.68. The molecule has 0 radical (unpaired) electrons. The Labute approximate surface area is 110 Å². The third-order valence-electron chi connectivity index (χ3n) is 3.06. The highest BCUT2D eigenvalue weighted by molar-refractivity contribution is 7.91. The molecule has 3 N–H and O–H groups in total. The predicted octanol–water partition coefficient (Wildman–Crippen LogP) is 0.803. The van der Waals surface area contributed by atoms with Gasteiger partial charge in [-0.25, -0.2) is 8.42 Å². The molecule has 0 bridgehead atoms. The molecule has 1 aromatic heterocycles.